The van der Waals surface area contributed by atoms with Crippen LogP contribution in [0.4, 0.5) is 0 Å². The summed E-state index contributed by atoms with van der Waals surface area (Å²) in [5.41, 5.74) is 4.57. The maximum absolute atomic E-state index is 12.1. The standard InChI is InChI=1S/C11H23N3O5S2/c1-20(16,17)8-9-21(18,19)14-11(10(12)13-15)6-4-2-3-5-7-11/h14-15H,2-9H2,1H3,(H2,12,13). The van der Waals surface area contributed by atoms with E-state index in [2.05, 4.69) is 9.88 Å². The van der Waals surface area contributed by atoms with Crippen LogP contribution in [0, 0.1) is 0 Å². The van der Waals surface area contributed by atoms with Gasteiger partial charge in [0.2, 0.25) is 10.0 Å². The van der Waals surface area contributed by atoms with Gasteiger partial charge in [-0.2, -0.15) is 0 Å². The average molecular weight is 341 g/mol. The number of rotatable bonds is 6. The highest BCUT2D eigenvalue weighted by atomic mass is 32.2. The minimum atomic E-state index is -3.85. The first-order valence-electron chi connectivity index (χ1n) is 6.78. The zero-order valence-corrected chi connectivity index (χ0v) is 13.7. The van der Waals surface area contributed by atoms with Crippen molar-refractivity contribution in [2.24, 2.45) is 10.9 Å². The number of nitrogens with two attached hydrogens (primary N) is 1. The third kappa shape index (κ3) is 5.79. The van der Waals surface area contributed by atoms with Crippen LogP contribution in [0.1, 0.15) is 38.5 Å². The number of nitrogens with one attached hydrogen (secondary N) is 1. The number of amidine groups is 1. The molecule has 0 bridgehead atoms. The molecule has 10 heteroatoms. The van der Waals surface area contributed by atoms with Crippen LogP contribution in [0.15, 0.2) is 5.16 Å². The van der Waals surface area contributed by atoms with Gasteiger partial charge in [-0.05, 0) is 12.8 Å². The number of hydrogen-bond donors (Lipinski definition) is 3. The molecule has 0 atom stereocenters. The third-order valence-electron chi connectivity index (χ3n) is 3.63. The van der Waals surface area contributed by atoms with Crippen LogP contribution < -0.4 is 10.5 Å². The van der Waals surface area contributed by atoms with Crippen molar-refractivity contribution >= 4 is 25.7 Å². The second-order valence-electron chi connectivity index (χ2n) is 5.53. The third-order valence-corrected chi connectivity index (χ3v) is 6.28. The summed E-state index contributed by atoms with van der Waals surface area (Å²) >= 11 is 0. The maximum atomic E-state index is 12.1. The number of sulfone groups is 1. The molecule has 0 amide bonds. The second kappa shape index (κ2) is 6.93. The minimum absolute atomic E-state index is 0.174. The Morgan fingerprint density at radius 3 is 2.10 bits per heavy atom. The van der Waals surface area contributed by atoms with Crippen molar-refractivity contribution in [3.05, 3.63) is 0 Å². The summed E-state index contributed by atoms with van der Waals surface area (Å²) in [5, 5.41) is 11.9. The Hall–Kier alpha value is -0.870. The van der Waals surface area contributed by atoms with Crippen molar-refractivity contribution in [2.45, 2.75) is 44.1 Å². The summed E-state index contributed by atoms with van der Waals surface area (Å²) in [4.78, 5) is 0. The van der Waals surface area contributed by atoms with E-state index < -0.39 is 36.9 Å². The lowest BCUT2D eigenvalue weighted by atomic mass is 9.90. The molecule has 1 rings (SSSR count). The van der Waals surface area contributed by atoms with Gasteiger partial charge in [0, 0.05) is 6.26 Å². The molecule has 0 unspecified atom stereocenters. The molecule has 124 valence electrons. The lowest BCUT2D eigenvalue weighted by molar-refractivity contribution is 0.306. The van der Waals surface area contributed by atoms with E-state index in [0.29, 0.717) is 12.8 Å². The zero-order chi connectivity index (χ0) is 16.1. The molecule has 21 heavy (non-hydrogen) atoms. The lowest BCUT2D eigenvalue weighted by Crippen LogP contribution is -2.57. The summed E-state index contributed by atoms with van der Waals surface area (Å²) in [6.45, 7) is 0. The Balaban J connectivity index is 2.95. The molecule has 1 aliphatic rings. The van der Waals surface area contributed by atoms with Gasteiger partial charge in [0.05, 0.1) is 17.0 Å². The van der Waals surface area contributed by atoms with E-state index >= 15 is 0 Å². The number of nitrogens with zero attached hydrogens (tertiary/aromatic N) is 1. The Bertz CT molecular complexity index is 575. The normalized spacial score (nSPS) is 20.9. The first-order chi connectivity index (χ1) is 9.60. The monoisotopic (exact) mass is 341 g/mol. The molecule has 1 aliphatic carbocycles. The highest BCUT2D eigenvalue weighted by molar-refractivity contribution is 7.93. The van der Waals surface area contributed by atoms with Crippen LogP contribution in [0.2, 0.25) is 0 Å². The Morgan fingerprint density at radius 1 is 1.14 bits per heavy atom. The van der Waals surface area contributed by atoms with Gasteiger partial charge in [-0.15, -0.1) is 0 Å². The molecule has 4 N–H and O–H groups in total. The van der Waals surface area contributed by atoms with Gasteiger partial charge in [-0.1, -0.05) is 30.8 Å². The van der Waals surface area contributed by atoms with E-state index in [0.717, 1.165) is 31.9 Å². The van der Waals surface area contributed by atoms with E-state index in [-0.39, 0.29) is 5.84 Å². The van der Waals surface area contributed by atoms with Gasteiger partial charge in [0.25, 0.3) is 0 Å². The number of sulfonamides is 1. The molecule has 0 saturated heterocycles. The van der Waals surface area contributed by atoms with Crippen molar-refractivity contribution in [2.75, 3.05) is 17.8 Å². The first kappa shape index (κ1) is 18.2. The van der Waals surface area contributed by atoms with E-state index in [1.54, 1.807) is 0 Å². The fourth-order valence-corrected chi connectivity index (χ4v) is 5.54. The minimum Gasteiger partial charge on any atom is -0.409 e. The Morgan fingerprint density at radius 2 is 1.67 bits per heavy atom. The summed E-state index contributed by atoms with van der Waals surface area (Å²) in [5.74, 6) is -1.17. The lowest BCUT2D eigenvalue weighted by Gasteiger charge is -2.32. The summed E-state index contributed by atoms with van der Waals surface area (Å²) in [7, 11) is -7.23. The largest absolute Gasteiger partial charge is 0.409 e. The molecule has 0 spiro atoms. The van der Waals surface area contributed by atoms with Crippen molar-refractivity contribution in [3.8, 4) is 0 Å². The SMILES string of the molecule is CS(=O)(=O)CCS(=O)(=O)NC1(C(N)=NO)CCCCCC1. The van der Waals surface area contributed by atoms with Gasteiger partial charge in [0.1, 0.15) is 9.84 Å². The number of oxime groups is 1. The Kier molecular flexibility index (Phi) is 6.00. The van der Waals surface area contributed by atoms with Crippen LogP contribution in [0.5, 0.6) is 0 Å². The molecule has 0 heterocycles. The molecular formula is C11H23N3O5S2. The van der Waals surface area contributed by atoms with Crippen LogP contribution in [-0.2, 0) is 19.9 Å². The smallest absolute Gasteiger partial charge is 0.213 e. The zero-order valence-electron chi connectivity index (χ0n) is 12.1. The van der Waals surface area contributed by atoms with Crippen LogP contribution in [-0.4, -0.2) is 51.2 Å². The average Bonchev–Trinajstić information content (AvgIpc) is 2.61. The fourth-order valence-electron chi connectivity index (χ4n) is 2.45. The predicted octanol–water partition coefficient (Wildman–Crippen LogP) is -0.210. The summed E-state index contributed by atoms with van der Waals surface area (Å²) in [6, 6.07) is 0. The van der Waals surface area contributed by atoms with Gasteiger partial charge < -0.3 is 10.9 Å². The Labute approximate surface area is 125 Å². The quantitative estimate of drug-likeness (QED) is 0.201. The molecule has 1 saturated carbocycles. The van der Waals surface area contributed by atoms with E-state index in [4.69, 9.17) is 10.9 Å². The molecular weight excluding hydrogens is 318 g/mol. The van der Waals surface area contributed by atoms with Crippen molar-refractivity contribution in [3.63, 3.8) is 0 Å². The van der Waals surface area contributed by atoms with E-state index in [1.807, 2.05) is 0 Å². The summed E-state index contributed by atoms with van der Waals surface area (Å²) in [6.07, 6.45) is 5.25. The molecule has 0 aromatic rings. The molecule has 0 radical (unpaired) electrons. The number of hydrogen-bond acceptors (Lipinski definition) is 6. The highest BCUT2D eigenvalue weighted by Crippen LogP contribution is 2.28. The van der Waals surface area contributed by atoms with Crippen molar-refractivity contribution < 1.29 is 22.0 Å². The van der Waals surface area contributed by atoms with Crippen molar-refractivity contribution in [1.82, 2.24) is 4.72 Å². The predicted molar refractivity (Wildman–Crippen MR) is 80.5 cm³/mol. The highest BCUT2D eigenvalue weighted by Gasteiger charge is 2.39. The van der Waals surface area contributed by atoms with Crippen LogP contribution in [0.3, 0.4) is 0 Å². The van der Waals surface area contributed by atoms with E-state index in [9.17, 15) is 16.8 Å². The molecule has 0 aromatic heterocycles. The van der Waals surface area contributed by atoms with E-state index in [1.165, 1.54) is 0 Å². The molecule has 0 aliphatic heterocycles. The van der Waals surface area contributed by atoms with Crippen LogP contribution >= 0.6 is 0 Å². The topological polar surface area (TPSA) is 139 Å². The van der Waals surface area contributed by atoms with Gasteiger partial charge in [-0.3, -0.25) is 0 Å². The maximum Gasteiger partial charge on any atom is 0.213 e. The van der Waals surface area contributed by atoms with Crippen LogP contribution in [0.25, 0.3) is 0 Å². The fraction of sp³-hybridized carbons (Fsp3) is 0.909. The van der Waals surface area contributed by atoms with Gasteiger partial charge >= 0.3 is 0 Å². The summed E-state index contributed by atoms with van der Waals surface area (Å²) < 4.78 is 48.9. The first-order valence-corrected chi connectivity index (χ1v) is 10.5. The molecule has 0 aromatic carbocycles. The van der Waals surface area contributed by atoms with Crippen molar-refractivity contribution in [1.29, 1.82) is 0 Å². The molecule has 8 nitrogen and oxygen atoms in total. The van der Waals surface area contributed by atoms with Gasteiger partial charge in [0.15, 0.2) is 5.84 Å². The van der Waals surface area contributed by atoms with Gasteiger partial charge in [-0.25, -0.2) is 21.6 Å². The second-order valence-corrected chi connectivity index (χ2v) is 9.63. The molecule has 1 fully saturated rings.